The monoisotopic (exact) mass is 148 g/mol. The summed E-state index contributed by atoms with van der Waals surface area (Å²) in [6.07, 6.45) is 1.03. The van der Waals surface area contributed by atoms with Gasteiger partial charge < -0.3 is 14.2 Å². The van der Waals surface area contributed by atoms with E-state index in [2.05, 4.69) is 6.92 Å². The topological polar surface area (TPSA) is 27.7 Å². The Bertz CT molecular complexity index is 48.8. The number of hydrogen-bond acceptors (Lipinski definition) is 3. The van der Waals surface area contributed by atoms with Crippen LogP contribution in [0, 0.1) is 0 Å². The molecule has 3 heteroatoms. The molecule has 0 amide bonds. The molecular weight excluding hydrogens is 132 g/mol. The fourth-order valence-electron chi connectivity index (χ4n) is 0.438. The molecule has 0 saturated carbocycles. The van der Waals surface area contributed by atoms with Gasteiger partial charge in [0.1, 0.15) is 13.6 Å². The molecule has 0 atom stereocenters. The van der Waals surface area contributed by atoms with Crippen LogP contribution in [-0.4, -0.2) is 26.8 Å². The molecular formula is C7H16O3. The van der Waals surface area contributed by atoms with Crippen molar-refractivity contribution in [2.24, 2.45) is 0 Å². The molecule has 62 valence electrons. The van der Waals surface area contributed by atoms with E-state index in [0.717, 1.165) is 13.0 Å². The molecule has 0 aliphatic rings. The molecule has 10 heavy (non-hydrogen) atoms. The third kappa shape index (κ3) is 7.88. The molecule has 0 bridgehead atoms. The van der Waals surface area contributed by atoms with E-state index in [1.54, 1.807) is 0 Å². The van der Waals surface area contributed by atoms with Crippen LogP contribution in [0.4, 0.5) is 0 Å². The molecule has 0 N–H and O–H groups in total. The van der Waals surface area contributed by atoms with Crippen molar-refractivity contribution in [3.63, 3.8) is 0 Å². The highest BCUT2D eigenvalue weighted by Crippen LogP contribution is 1.82. The average molecular weight is 148 g/mol. The van der Waals surface area contributed by atoms with E-state index < -0.39 is 0 Å². The Hall–Kier alpha value is -0.120. The summed E-state index contributed by atoms with van der Waals surface area (Å²) in [5.74, 6) is 0. The SMILES string of the molecule is CCCOCOCOCC. The maximum atomic E-state index is 5.03. The van der Waals surface area contributed by atoms with Gasteiger partial charge in [-0.05, 0) is 13.3 Å². The van der Waals surface area contributed by atoms with Crippen molar-refractivity contribution >= 4 is 0 Å². The zero-order valence-corrected chi connectivity index (χ0v) is 6.76. The van der Waals surface area contributed by atoms with Crippen molar-refractivity contribution in [2.45, 2.75) is 20.3 Å². The lowest BCUT2D eigenvalue weighted by Gasteiger charge is -2.03. The third-order valence-corrected chi connectivity index (χ3v) is 0.886. The zero-order valence-electron chi connectivity index (χ0n) is 6.76. The van der Waals surface area contributed by atoms with Crippen molar-refractivity contribution in [1.29, 1.82) is 0 Å². The summed E-state index contributed by atoms with van der Waals surface area (Å²) in [6, 6.07) is 0. The average Bonchev–Trinajstić information content (AvgIpc) is 1.97. The molecule has 0 fully saturated rings. The van der Waals surface area contributed by atoms with Crippen LogP contribution in [0.25, 0.3) is 0 Å². The molecule has 0 aliphatic heterocycles. The minimum Gasteiger partial charge on any atom is -0.356 e. The first-order chi connectivity index (χ1) is 4.91. The summed E-state index contributed by atoms with van der Waals surface area (Å²) in [5, 5.41) is 0. The first kappa shape index (κ1) is 9.88. The Morgan fingerprint density at radius 2 is 1.60 bits per heavy atom. The Morgan fingerprint density at radius 1 is 0.900 bits per heavy atom. The summed E-state index contributed by atoms with van der Waals surface area (Å²) in [6.45, 7) is 6.10. The van der Waals surface area contributed by atoms with Gasteiger partial charge in [-0.25, -0.2) is 0 Å². The van der Waals surface area contributed by atoms with E-state index in [9.17, 15) is 0 Å². The second-order valence-corrected chi connectivity index (χ2v) is 1.84. The van der Waals surface area contributed by atoms with Crippen LogP contribution in [0.15, 0.2) is 0 Å². The normalized spacial score (nSPS) is 10.2. The number of hydrogen-bond donors (Lipinski definition) is 0. The summed E-state index contributed by atoms with van der Waals surface area (Å²) < 4.78 is 14.9. The predicted molar refractivity (Wildman–Crippen MR) is 38.7 cm³/mol. The minimum atomic E-state index is 0.334. The van der Waals surface area contributed by atoms with Crippen LogP contribution in [0.3, 0.4) is 0 Å². The second-order valence-electron chi connectivity index (χ2n) is 1.84. The van der Waals surface area contributed by atoms with Crippen LogP contribution in [0.1, 0.15) is 20.3 Å². The van der Waals surface area contributed by atoms with Crippen molar-refractivity contribution < 1.29 is 14.2 Å². The second kappa shape index (κ2) is 8.88. The zero-order chi connectivity index (χ0) is 7.66. The van der Waals surface area contributed by atoms with Crippen LogP contribution in [0.2, 0.25) is 0 Å². The highest BCUT2D eigenvalue weighted by Gasteiger charge is 1.84. The fraction of sp³-hybridized carbons (Fsp3) is 1.00. The van der Waals surface area contributed by atoms with E-state index in [-0.39, 0.29) is 0 Å². The molecule has 3 nitrogen and oxygen atoms in total. The summed E-state index contributed by atoms with van der Waals surface area (Å²) in [5.41, 5.74) is 0. The Labute approximate surface area is 62.3 Å². The first-order valence-electron chi connectivity index (χ1n) is 3.65. The molecule has 0 rings (SSSR count). The van der Waals surface area contributed by atoms with Gasteiger partial charge in [0, 0.05) is 13.2 Å². The molecule has 0 spiro atoms. The molecule has 0 saturated heterocycles. The van der Waals surface area contributed by atoms with Gasteiger partial charge in [-0.15, -0.1) is 0 Å². The van der Waals surface area contributed by atoms with Crippen LogP contribution in [-0.2, 0) is 14.2 Å². The molecule has 0 unspecified atom stereocenters. The van der Waals surface area contributed by atoms with Crippen LogP contribution >= 0.6 is 0 Å². The predicted octanol–water partition coefficient (Wildman–Crippen LogP) is 1.38. The van der Waals surface area contributed by atoms with Crippen molar-refractivity contribution in [3.8, 4) is 0 Å². The van der Waals surface area contributed by atoms with Gasteiger partial charge in [-0.3, -0.25) is 0 Å². The smallest absolute Gasteiger partial charge is 0.149 e. The maximum Gasteiger partial charge on any atom is 0.149 e. The lowest BCUT2D eigenvalue weighted by atomic mass is 10.5. The van der Waals surface area contributed by atoms with Gasteiger partial charge in [0.25, 0.3) is 0 Å². The lowest BCUT2D eigenvalue weighted by Crippen LogP contribution is -2.04. The number of rotatable bonds is 7. The van der Waals surface area contributed by atoms with Gasteiger partial charge in [0.05, 0.1) is 0 Å². The quantitative estimate of drug-likeness (QED) is 0.403. The van der Waals surface area contributed by atoms with E-state index in [4.69, 9.17) is 14.2 Å². The van der Waals surface area contributed by atoms with Gasteiger partial charge in [-0.2, -0.15) is 0 Å². The molecule has 0 aromatic heterocycles. The summed E-state index contributed by atoms with van der Waals surface area (Å²) in [4.78, 5) is 0. The van der Waals surface area contributed by atoms with Gasteiger partial charge in [0.2, 0.25) is 0 Å². The van der Waals surface area contributed by atoms with E-state index in [0.29, 0.717) is 20.2 Å². The minimum absolute atomic E-state index is 0.334. The molecule has 0 aromatic carbocycles. The van der Waals surface area contributed by atoms with Crippen molar-refractivity contribution in [1.82, 2.24) is 0 Å². The van der Waals surface area contributed by atoms with Gasteiger partial charge in [0.15, 0.2) is 0 Å². The van der Waals surface area contributed by atoms with E-state index >= 15 is 0 Å². The fourth-order valence-corrected chi connectivity index (χ4v) is 0.438. The van der Waals surface area contributed by atoms with Gasteiger partial charge >= 0.3 is 0 Å². The Morgan fingerprint density at radius 3 is 2.20 bits per heavy atom. The summed E-state index contributed by atoms with van der Waals surface area (Å²) in [7, 11) is 0. The molecule has 0 aliphatic carbocycles. The molecule has 0 radical (unpaired) electrons. The third-order valence-electron chi connectivity index (χ3n) is 0.886. The molecule has 0 aromatic rings. The van der Waals surface area contributed by atoms with Crippen LogP contribution in [0.5, 0.6) is 0 Å². The largest absolute Gasteiger partial charge is 0.356 e. The van der Waals surface area contributed by atoms with Gasteiger partial charge in [-0.1, -0.05) is 6.92 Å². The number of ether oxygens (including phenoxy) is 3. The first-order valence-corrected chi connectivity index (χ1v) is 3.65. The Kier molecular flexibility index (Phi) is 8.77. The standard InChI is InChI=1S/C7H16O3/c1-3-5-9-7-10-6-8-4-2/h3-7H2,1-2H3. The highest BCUT2D eigenvalue weighted by atomic mass is 16.7. The van der Waals surface area contributed by atoms with Crippen molar-refractivity contribution in [2.75, 3.05) is 26.8 Å². The Balaban J connectivity index is 2.65. The van der Waals surface area contributed by atoms with Crippen molar-refractivity contribution in [3.05, 3.63) is 0 Å². The van der Waals surface area contributed by atoms with Crippen LogP contribution < -0.4 is 0 Å². The summed E-state index contributed by atoms with van der Waals surface area (Å²) >= 11 is 0. The highest BCUT2D eigenvalue weighted by molar-refractivity contribution is 4.18. The van der Waals surface area contributed by atoms with E-state index in [1.165, 1.54) is 0 Å². The lowest BCUT2D eigenvalue weighted by molar-refractivity contribution is -0.128. The maximum absolute atomic E-state index is 5.03. The van der Waals surface area contributed by atoms with E-state index in [1.807, 2.05) is 6.92 Å². The molecule has 0 heterocycles.